The fraction of sp³-hybridized carbons (Fsp3) is 0.400. The van der Waals surface area contributed by atoms with E-state index in [0.29, 0.717) is 0 Å². The van der Waals surface area contributed by atoms with E-state index in [0.717, 1.165) is 25.2 Å². The first-order chi connectivity index (χ1) is 6.84. The van der Waals surface area contributed by atoms with E-state index in [2.05, 4.69) is 26.9 Å². The Balaban J connectivity index is 2.14. The summed E-state index contributed by atoms with van der Waals surface area (Å²) in [7, 11) is 0. The molecular weight excluding hydrogens is 176 g/mol. The zero-order valence-corrected chi connectivity index (χ0v) is 7.85. The minimum atomic E-state index is 0.136. The molecule has 3 rings (SSSR count). The number of nitrogens with zero attached hydrogens (tertiary/aromatic N) is 3. The first kappa shape index (κ1) is 7.94. The van der Waals surface area contributed by atoms with Crippen molar-refractivity contribution in [1.82, 2.24) is 14.8 Å². The Morgan fingerprint density at radius 1 is 1.50 bits per heavy atom. The van der Waals surface area contributed by atoms with E-state index >= 15 is 0 Å². The van der Waals surface area contributed by atoms with Gasteiger partial charge in [0.15, 0.2) is 5.82 Å². The predicted octanol–water partition coefficient (Wildman–Crippen LogP) is 0.723. The summed E-state index contributed by atoms with van der Waals surface area (Å²) in [5.74, 6) is 0.970. The Kier molecular flexibility index (Phi) is 1.58. The average Bonchev–Trinajstić information content (AvgIpc) is 2.65. The maximum atomic E-state index is 5.89. The minimum absolute atomic E-state index is 0.136. The number of hydrogen-bond acceptors (Lipinski definition) is 3. The van der Waals surface area contributed by atoms with Crippen LogP contribution in [0.3, 0.4) is 0 Å². The van der Waals surface area contributed by atoms with Crippen molar-refractivity contribution in [3.8, 4) is 0 Å². The third kappa shape index (κ3) is 1.04. The summed E-state index contributed by atoms with van der Waals surface area (Å²) >= 11 is 0. The number of fused-ring (bicyclic) bond motifs is 3. The molecule has 0 saturated carbocycles. The summed E-state index contributed by atoms with van der Waals surface area (Å²) in [6.45, 7) is 0.987. The lowest BCUT2D eigenvalue weighted by atomic mass is 9.90. The Morgan fingerprint density at radius 3 is 3.36 bits per heavy atom. The number of rotatable bonds is 0. The van der Waals surface area contributed by atoms with Crippen molar-refractivity contribution in [2.24, 2.45) is 5.73 Å². The molecule has 0 saturated heterocycles. The molecule has 2 N–H and O–H groups in total. The van der Waals surface area contributed by atoms with Crippen LogP contribution in [-0.2, 0) is 6.54 Å². The molecule has 4 heteroatoms. The van der Waals surface area contributed by atoms with Crippen LogP contribution >= 0.6 is 0 Å². The lowest BCUT2D eigenvalue weighted by Crippen LogP contribution is -2.22. The SMILES string of the molecule is NC1C=C2C(=CC1)CCn1cnnc12. The third-order valence-corrected chi connectivity index (χ3v) is 2.84. The number of aromatic nitrogens is 3. The van der Waals surface area contributed by atoms with Crippen molar-refractivity contribution < 1.29 is 0 Å². The van der Waals surface area contributed by atoms with Crippen molar-refractivity contribution in [3.05, 3.63) is 29.9 Å². The molecule has 1 aliphatic carbocycles. The van der Waals surface area contributed by atoms with Crippen LogP contribution in [0.4, 0.5) is 0 Å². The van der Waals surface area contributed by atoms with Crippen molar-refractivity contribution in [2.45, 2.75) is 25.4 Å². The van der Waals surface area contributed by atoms with Gasteiger partial charge in [-0.05, 0) is 18.4 Å². The van der Waals surface area contributed by atoms with Crippen LogP contribution in [0.1, 0.15) is 18.7 Å². The quantitative estimate of drug-likeness (QED) is 0.652. The molecule has 14 heavy (non-hydrogen) atoms. The van der Waals surface area contributed by atoms with E-state index in [4.69, 9.17) is 5.73 Å². The van der Waals surface area contributed by atoms with Gasteiger partial charge in [0.05, 0.1) is 0 Å². The van der Waals surface area contributed by atoms with Gasteiger partial charge in [0.2, 0.25) is 0 Å². The minimum Gasteiger partial charge on any atom is -0.324 e. The summed E-state index contributed by atoms with van der Waals surface area (Å²) in [6.07, 6.45) is 8.15. The normalized spacial score (nSPS) is 24.8. The Hall–Kier alpha value is -1.42. The van der Waals surface area contributed by atoms with E-state index in [-0.39, 0.29) is 6.04 Å². The number of allylic oxidation sites excluding steroid dienone is 2. The number of aryl methyl sites for hydroxylation is 1. The molecule has 0 aromatic carbocycles. The molecule has 72 valence electrons. The molecule has 1 unspecified atom stereocenters. The number of hydrogen-bond donors (Lipinski definition) is 1. The summed E-state index contributed by atoms with van der Waals surface area (Å²) in [6, 6.07) is 0.136. The molecule has 1 aromatic heterocycles. The van der Waals surface area contributed by atoms with E-state index in [1.54, 1.807) is 6.33 Å². The predicted molar refractivity (Wildman–Crippen MR) is 53.3 cm³/mol. The maximum absolute atomic E-state index is 5.89. The zero-order chi connectivity index (χ0) is 9.54. The number of nitrogens with two attached hydrogens (primary N) is 1. The summed E-state index contributed by atoms with van der Waals surface area (Å²) in [5.41, 5.74) is 8.46. The Morgan fingerprint density at radius 2 is 2.43 bits per heavy atom. The molecule has 0 amide bonds. The zero-order valence-electron chi connectivity index (χ0n) is 7.85. The summed E-state index contributed by atoms with van der Waals surface area (Å²) in [4.78, 5) is 0. The van der Waals surface area contributed by atoms with Crippen molar-refractivity contribution in [2.75, 3.05) is 0 Å². The Bertz CT molecular complexity index is 427. The highest BCUT2D eigenvalue weighted by atomic mass is 15.3. The molecule has 0 bridgehead atoms. The van der Waals surface area contributed by atoms with Crippen LogP contribution in [0.2, 0.25) is 0 Å². The van der Waals surface area contributed by atoms with Crippen LogP contribution in [0.25, 0.3) is 5.57 Å². The van der Waals surface area contributed by atoms with Crippen molar-refractivity contribution in [3.63, 3.8) is 0 Å². The molecule has 0 fully saturated rings. The first-order valence-corrected chi connectivity index (χ1v) is 4.89. The van der Waals surface area contributed by atoms with Crippen LogP contribution in [0, 0.1) is 0 Å². The highest BCUT2D eigenvalue weighted by molar-refractivity contribution is 5.77. The van der Waals surface area contributed by atoms with Crippen LogP contribution in [-0.4, -0.2) is 20.8 Å². The van der Waals surface area contributed by atoms with E-state index < -0.39 is 0 Å². The molecule has 4 nitrogen and oxygen atoms in total. The molecule has 1 atom stereocenters. The Labute approximate surface area is 82.1 Å². The maximum Gasteiger partial charge on any atom is 0.163 e. The van der Waals surface area contributed by atoms with Gasteiger partial charge >= 0.3 is 0 Å². The highest BCUT2D eigenvalue weighted by Gasteiger charge is 2.23. The van der Waals surface area contributed by atoms with Gasteiger partial charge in [-0.1, -0.05) is 12.2 Å². The molecular formula is C10H12N4. The lowest BCUT2D eigenvalue weighted by Gasteiger charge is -2.24. The monoisotopic (exact) mass is 188 g/mol. The molecule has 2 aliphatic rings. The molecule has 0 radical (unpaired) electrons. The lowest BCUT2D eigenvalue weighted by molar-refractivity contribution is 0.655. The second-order valence-electron chi connectivity index (χ2n) is 3.81. The van der Waals surface area contributed by atoms with Crippen molar-refractivity contribution in [1.29, 1.82) is 0 Å². The van der Waals surface area contributed by atoms with E-state index in [1.807, 2.05) is 0 Å². The van der Waals surface area contributed by atoms with Gasteiger partial charge in [-0.25, -0.2) is 0 Å². The van der Waals surface area contributed by atoms with Gasteiger partial charge in [-0.15, -0.1) is 10.2 Å². The summed E-state index contributed by atoms with van der Waals surface area (Å²) < 4.78 is 2.08. The van der Waals surface area contributed by atoms with Crippen LogP contribution in [0.15, 0.2) is 24.1 Å². The fourth-order valence-corrected chi connectivity index (χ4v) is 2.10. The standard InChI is InChI=1S/C10H12N4/c11-8-2-1-7-3-4-14-6-12-13-10(14)9(7)5-8/h1,5-6,8H,2-4,11H2. The van der Waals surface area contributed by atoms with Gasteiger partial charge in [0.25, 0.3) is 0 Å². The molecule has 0 spiro atoms. The second-order valence-corrected chi connectivity index (χ2v) is 3.81. The fourth-order valence-electron chi connectivity index (χ4n) is 2.10. The van der Waals surface area contributed by atoms with Gasteiger partial charge in [0, 0.05) is 18.2 Å². The second kappa shape index (κ2) is 2.78. The van der Waals surface area contributed by atoms with Gasteiger partial charge in [-0.2, -0.15) is 0 Å². The largest absolute Gasteiger partial charge is 0.324 e. The molecule has 1 aliphatic heterocycles. The third-order valence-electron chi connectivity index (χ3n) is 2.84. The van der Waals surface area contributed by atoms with Crippen molar-refractivity contribution >= 4 is 5.57 Å². The van der Waals surface area contributed by atoms with E-state index in [1.165, 1.54) is 11.1 Å². The smallest absolute Gasteiger partial charge is 0.163 e. The van der Waals surface area contributed by atoms with Crippen LogP contribution in [0.5, 0.6) is 0 Å². The molecule has 1 aromatic rings. The summed E-state index contributed by atoms with van der Waals surface area (Å²) in [5, 5.41) is 8.05. The first-order valence-electron chi connectivity index (χ1n) is 4.89. The average molecular weight is 188 g/mol. The highest BCUT2D eigenvalue weighted by Crippen LogP contribution is 2.32. The van der Waals surface area contributed by atoms with Gasteiger partial charge < -0.3 is 10.3 Å². The van der Waals surface area contributed by atoms with Crippen LogP contribution < -0.4 is 5.73 Å². The van der Waals surface area contributed by atoms with E-state index in [9.17, 15) is 0 Å². The topological polar surface area (TPSA) is 56.7 Å². The van der Waals surface area contributed by atoms with Gasteiger partial charge in [-0.3, -0.25) is 0 Å². The van der Waals surface area contributed by atoms with Gasteiger partial charge in [0.1, 0.15) is 6.33 Å². The molecule has 2 heterocycles.